The van der Waals surface area contributed by atoms with Crippen LogP contribution in [0.3, 0.4) is 0 Å². The first kappa shape index (κ1) is 17.9. The monoisotopic (exact) mass is 354 g/mol. The molecule has 5 heteroatoms. The highest BCUT2D eigenvalue weighted by atomic mass is 19.1. The molecule has 1 aliphatic carbocycles. The fourth-order valence-electron chi connectivity index (χ4n) is 3.64. The van der Waals surface area contributed by atoms with E-state index >= 15 is 0 Å². The number of hydrogen-bond acceptors (Lipinski definition) is 4. The minimum absolute atomic E-state index is 0.334. The Bertz CT molecular complexity index is 842. The molecule has 0 bridgehead atoms. The highest BCUT2D eigenvalue weighted by molar-refractivity contribution is 6.08. The first-order chi connectivity index (χ1) is 12.5. The third kappa shape index (κ3) is 2.79. The van der Waals surface area contributed by atoms with Gasteiger partial charge in [-0.25, -0.2) is 4.39 Å². The molecule has 0 saturated carbocycles. The molecule has 4 nitrogen and oxygen atoms in total. The summed E-state index contributed by atoms with van der Waals surface area (Å²) in [5.41, 5.74) is 0.319. The lowest BCUT2D eigenvalue weighted by Gasteiger charge is -2.29. The van der Waals surface area contributed by atoms with Gasteiger partial charge in [0.15, 0.2) is 5.41 Å². The van der Waals surface area contributed by atoms with Crippen LogP contribution in [0.5, 0.6) is 0 Å². The lowest BCUT2D eigenvalue weighted by Crippen LogP contribution is -2.48. The van der Waals surface area contributed by atoms with Crippen molar-refractivity contribution in [3.05, 3.63) is 77.1 Å². The van der Waals surface area contributed by atoms with Gasteiger partial charge in [-0.2, -0.15) is 0 Å². The molecule has 0 heterocycles. The van der Waals surface area contributed by atoms with Crippen molar-refractivity contribution in [1.82, 2.24) is 0 Å². The summed E-state index contributed by atoms with van der Waals surface area (Å²) in [6, 6.07) is 13.6. The number of methoxy groups -OCH3 is 2. The molecule has 0 aliphatic heterocycles. The van der Waals surface area contributed by atoms with Crippen LogP contribution in [0, 0.1) is 11.7 Å². The van der Waals surface area contributed by atoms with E-state index in [0.29, 0.717) is 17.5 Å². The number of rotatable bonds is 4. The van der Waals surface area contributed by atoms with Gasteiger partial charge in [0.2, 0.25) is 0 Å². The van der Waals surface area contributed by atoms with E-state index in [4.69, 9.17) is 9.47 Å². The van der Waals surface area contributed by atoms with Crippen LogP contribution in [-0.2, 0) is 30.9 Å². The summed E-state index contributed by atoms with van der Waals surface area (Å²) in [7, 11) is 2.46. The highest BCUT2D eigenvalue weighted by Gasteiger charge is 2.59. The number of fused-ring (bicyclic) bond motifs is 1. The van der Waals surface area contributed by atoms with Crippen molar-refractivity contribution < 1.29 is 23.5 Å². The average Bonchev–Trinajstić information content (AvgIpc) is 2.99. The second-order valence-electron chi connectivity index (χ2n) is 6.17. The Balaban J connectivity index is 2.14. The molecule has 0 saturated heterocycles. The van der Waals surface area contributed by atoms with Gasteiger partial charge < -0.3 is 9.47 Å². The Morgan fingerprint density at radius 3 is 2.35 bits per heavy atom. The van der Waals surface area contributed by atoms with E-state index in [1.165, 1.54) is 32.4 Å². The van der Waals surface area contributed by atoms with Crippen molar-refractivity contribution in [1.29, 1.82) is 0 Å². The van der Waals surface area contributed by atoms with Crippen molar-refractivity contribution in [3.63, 3.8) is 0 Å². The Hall–Kier alpha value is -2.95. The lowest BCUT2D eigenvalue weighted by molar-refractivity contribution is -0.163. The van der Waals surface area contributed by atoms with Gasteiger partial charge in [0.05, 0.1) is 14.2 Å². The van der Waals surface area contributed by atoms with Gasteiger partial charge in [-0.15, -0.1) is 0 Å². The molecule has 1 aliphatic rings. The Kier molecular flexibility index (Phi) is 4.89. The molecule has 0 amide bonds. The number of carbonyl (C=O) groups is 2. The third-order valence-electron chi connectivity index (χ3n) is 4.82. The molecule has 3 rings (SSSR count). The number of esters is 2. The van der Waals surface area contributed by atoms with E-state index in [0.717, 1.165) is 5.56 Å². The highest BCUT2D eigenvalue weighted by Crippen LogP contribution is 2.46. The van der Waals surface area contributed by atoms with Crippen LogP contribution in [0.1, 0.15) is 16.7 Å². The number of benzene rings is 2. The molecule has 0 unspecified atom stereocenters. The molecule has 0 spiro atoms. The summed E-state index contributed by atoms with van der Waals surface area (Å²) in [6.45, 7) is 0. The summed E-state index contributed by atoms with van der Waals surface area (Å²) >= 11 is 0. The number of ether oxygens (including phenoxy) is 2. The van der Waals surface area contributed by atoms with Crippen molar-refractivity contribution in [3.8, 4) is 0 Å². The van der Waals surface area contributed by atoms with Crippen LogP contribution < -0.4 is 0 Å². The van der Waals surface area contributed by atoms with Crippen molar-refractivity contribution in [2.45, 2.75) is 11.8 Å². The maximum atomic E-state index is 13.7. The van der Waals surface area contributed by atoms with E-state index in [1.807, 2.05) is 36.4 Å². The number of hydrogen-bond donors (Lipinski definition) is 0. The zero-order chi connectivity index (χ0) is 18.7. The van der Waals surface area contributed by atoms with Gasteiger partial charge in [0.25, 0.3) is 0 Å². The summed E-state index contributed by atoms with van der Waals surface area (Å²) < 4.78 is 23.6. The Morgan fingerprint density at radius 1 is 1.08 bits per heavy atom. The number of carbonyl (C=O) groups excluding carboxylic acids is 2. The van der Waals surface area contributed by atoms with Gasteiger partial charge in [-0.3, -0.25) is 9.59 Å². The van der Waals surface area contributed by atoms with E-state index in [2.05, 4.69) is 0 Å². The van der Waals surface area contributed by atoms with Crippen LogP contribution in [0.4, 0.5) is 4.39 Å². The first-order valence-electron chi connectivity index (χ1n) is 8.23. The number of halogens is 1. The van der Waals surface area contributed by atoms with Gasteiger partial charge in [0, 0.05) is 5.92 Å². The van der Waals surface area contributed by atoms with E-state index in [9.17, 15) is 14.0 Å². The predicted molar refractivity (Wildman–Crippen MR) is 94.8 cm³/mol. The van der Waals surface area contributed by atoms with E-state index < -0.39 is 29.1 Å². The second-order valence-corrected chi connectivity index (χ2v) is 6.17. The van der Waals surface area contributed by atoms with Gasteiger partial charge in [-0.1, -0.05) is 48.6 Å². The zero-order valence-corrected chi connectivity index (χ0v) is 14.6. The topological polar surface area (TPSA) is 52.6 Å². The minimum atomic E-state index is -1.64. The fraction of sp³-hybridized carbons (Fsp3) is 0.238. The maximum Gasteiger partial charge on any atom is 0.328 e. The molecule has 0 radical (unpaired) electrons. The van der Waals surface area contributed by atoms with Gasteiger partial charge in [-0.05, 0) is 35.2 Å². The molecule has 0 aromatic heterocycles. The smallest absolute Gasteiger partial charge is 0.328 e. The normalized spacial score (nSPS) is 17.7. The minimum Gasteiger partial charge on any atom is -0.468 e. The van der Waals surface area contributed by atoms with Crippen LogP contribution >= 0.6 is 0 Å². The Labute approximate surface area is 151 Å². The summed E-state index contributed by atoms with van der Waals surface area (Å²) in [5, 5.41) is 0. The van der Waals surface area contributed by atoms with E-state index in [-0.39, 0.29) is 0 Å². The molecule has 2 aromatic rings. The van der Waals surface area contributed by atoms with Crippen molar-refractivity contribution in [2.75, 3.05) is 14.2 Å². The molecule has 134 valence electrons. The van der Waals surface area contributed by atoms with Gasteiger partial charge in [0.1, 0.15) is 5.82 Å². The third-order valence-corrected chi connectivity index (χ3v) is 4.82. The van der Waals surface area contributed by atoms with Gasteiger partial charge >= 0.3 is 11.9 Å². The van der Waals surface area contributed by atoms with Crippen LogP contribution in [0.2, 0.25) is 0 Å². The first-order valence-corrected chi connectivity index (χ1v) is 8.23. The average molecular weight is 354 g/mol. The molecule has 26 heavy (non-hydrogen) atoms. The van der Waals surface area contributed by atoms with E-state index in [1.54, 1.807) is 6.08 Å². The van der Waals surface area contributed by atoms with Crippen LogP contribution in [0.25, 0.3) is 6.08 Å². The molecular formula is C21H19FO4. The molecule has 0 fully saturated rings. The van der Waals surface area contributed by atoms with Crippen LogP contribution in [0.15, 0.2) is 54.6 Å². The predicted octanol–water partition coefficient (Wildman–Crippen LogP) is 3.30. The second kappa shape index (κ2) is 7.12. The quantitative estimate of drug-likeness (QED) is 0.624. The molecular weight excluding hydrogens is 335 g/mol. The largest absolute Gasteiger partial charge is 0.468 e. The molecule has 2 aromatic carbocycles. The number of allylic oxidation sites excluding steroid dienone is 1. The van der Waals surface area contributed by atoms with Crippen molar-refractivity contribution >= 4 is 18.0 Å². The standard InChI is InChI=1S/C21H19FO4/c1-25-19(23)21(20(24)26-2)16(9-8-14-6-4-3-5-7-14)12-15-13-17(22)10-11-18(15)21/h3-11,13,16H,12H2,1-2H3/b9-8+/t16-/m1/s1. The zero-order valence-electron chi connectivity index (χ0n) is 14.6. The van der Waals surface area contributed by atoms with Crippen molar-refractivity contribution in [2.24, 2.45) is 5.92 Å². The maximum absolute atomic E-state index is 13.7. The lowest BCUT2D eigenvalue weighted by atomic mass is 9.74. The Morgan fingerprint density at radius 2 is 1.73 bits per heavy atom. The SMILES string of the molecule is COC(=O)C1(C(=O)OC)c2ccc(F)cc2C[C@H]1/C=C/c1ccccc1. The molecule has 0 N–H and O–H groups in total. The summed E-state index contributed by atoms with van der Waals surface area (Å²) in [4.78, 5) is 25.5. The van der Waals surface area contributed by atoms with Crippen LogP contribution in [-0.4, -0.2) is 26.2 Å². The summed E-state index contributed by atoms with van der Waals surface area (Å²) in [5.74, 6) is -2.38. The molecule has 1 atom stereocenters. The fourth-order valence-corrected chi connectivity index (χ4v) is 3.64. The summed E-state index contributed by atoms with van der Waals surface area (Å²) in [6.07, 6.45) is 3.97.